The summed E-state index contributed by atoms with van der Waals surface area (Å²) in [4.78, 5) is 26.2. The molecule has 1 aliphatic carbocycles. The van der Waals surface area contributed by atoms with Crippen molar-refractivity contribution in [3.05, 3.63) is 23.2 Å². The first kappa shape index (κ1) is 18.0. The number of fused-ring (bicyclic) bond motifs is 1. The molecule has 25 heavy (non-hydrogen) atoms. The van der Waals surface area contributed by atoms with Crippen LogP contribution in [-0.4, -0.2) is 42.1 Å². The zero-order valence-electron chi connectivity index (χ0n) is 14.4. The van der Waals surface area contributed by atoms with Gasteiger partial charge >= 0.3 is 6.03 Å². The molecule has 2 aliphatic rings. The Bertz CT molecular complexity index is 650. The second-order valence-corrected chi connectivity index (χ2v) is 6.89. The fraction of sp³-hybridized carbons (Fsp3) is 0.556. The lowest BCUT2D eigenvalue weighted by Gasteiger charge is -2.43. The number of urea groups is 1. The maximum Gasteiger partial charge on any atom is 0.322 e. The Morgan fingerprint density at radius 2 is 2.08 bits per heavy atom. The number of ether oxygens (including phenoxy) is 1. The average molecular weight is 366 g/mol. The molecule has 1 heterocycles. The van der Waals surface area contributed by atoms with Gasteiger partial charge in [0.05, 0.1) is 29.5 Å². The Hall–Kier alpha value is -1.79. The van der Waals surface area contributed by atoms with E-state index in [4.69, 9.17) is 16.3 Å². The van der Waals surface area contributed by atoms with E-state index in [2.05, 4.69) is 10.6 Å². The van der Waals surface area contributed by atoms with Crippen LogP contribution in [0.2, 0.25) is 5.02 Å². The third-order valence-electron chi connectivity index (χ3n) is 4.81. The topological polar surface area (TPSA) is 70.7 Å². The number of carbonyl (C=O) groups excluding carboxylic acids is 2. The lowest BCUT2D eigenvalue weighted by molar-refractivity contribution is -0.115. The van der Waals surface area contributed by atoms with Gasteiger partial charge in [-0.05, 0) is 31.0 Å². The summed E-state index contributed by atoms with van der Waals surface area (Å²) in [7, 11) is 0. The van der Waals surface area contributed by atoms with E-state index in [1.165, 1.54) is 0 Å². The third-order valence-corrected chi connectivity index (χ3v) is 5.14. The highest BCUT2D eigenvalue weighted by Gasteiger charge is 2.36. The van der Waals surface area contributed by atoms with Gasteiger partial charge in [-0.1, -0.05) is 31.4 Å². The van der Waals surface area contributed by atoms with E-state index in [0.717, 1.165) is 25.7 Å². The van der Waals surface area contributed by atoms with Gasteiger partial charge in [-0.25, -0.2) is 4.79 Å². The van der Waals surface area contributed by atoms with E-state index in [0.29, 0.717) is 36.0 Å². The lowest BCUT2D eigenvalue weighted by atomic mass is 9.90. The van der Waals surface area contributed by atoms with Gasteiger partial charge in [0.2, 0.25) is 5.91 Å². The number of carbonyl (C=O) groups is 2. The maximum absolute atomic E-state index is 12.8. The first-order valence-electron chi connectivity index (χ1n) is 8.87. The summed E-state index contributed by atoms with van der Waals surface area (Å²) in [5.41, 5.74) is 1.11. The van der Waals surface area contributed by atoms with E-state index in [1.807, 2.05) is 4.90 Å². The number of morpholine rings is 1. The normalized spacial score (nSPS) is 22.9. The van der Waals surface area contributed by atoms with Crippen LogP contribution in [0.15, 0.2) is 18.2 Å². The van der Waals surface area contributed by atoms with Crippen LogP contribution >= 0.6 is 11.6 Å². The molecule has 0 unspecified atom stereocenters. The van der Waals surface area contributed by atoms with E-state index in [-0.39, 0.29) is 24.1 Å². The van der Waals surface area contributed by atoms with Crippen LogP contribution in [0.3, 0.4) is 0 Å². The molecule has 0 aromatic heterocycles. The van der Waals surface area contributed by atoms with Crippen molar-refractivity contribution >= 4 is 34.9 Å². The van der Waals surface area contributed by atoms with Crippen molar-refractivity contribution in [2.24, 2.45) is 0 Å². The number of rotatable bonds is 3. The second kappa shape index (κ2) is 8.06. The minimum atomic E-state index is -0.166. The lowest BCUT2D eigenvalue weighted by Crippen LogP contribution is -2.56. The summed E-state index contributed by atoms with van der Waals surface area (Å²) in [5.74, 6) is -0.0853. The smallest absolute Gasteiger partial charge is 0.322 e. The van der Waals surface area contributed by atoms with Crippen molar-refractivity contribution in [2.75, 3.05) is 23.8 Å². The van der Waals surface area contributed by atoms with Crippen molar-refractivity contribution in [1.29, 1.82) is 0 Å². The fourth-order valence-electron chi connectivity index (χ4n) is 3.48. The molecule has 0 bridgehead atoms. The second-order valence-electron chi connectivity index (χ2n) is 6.48. The molecular formula is C18H24ClN3O3. The average Bonchev–Trinajstić information content (AvgIpc) is 2.63. The number of hydrogen-bond donors (Lipinski definition) is 2. The van der Waals surface area contributed by atoms with Gasteiger partial charge in [0.25, 0.3) is 0 Å². The molecule has 7 heteroatoms. The van der Waals surface area contributed by atoms with Gasteiger partial charge in [0.1, 0.15) is 0 Å². The highest BCUT2D eigenvalue weighted by molar-refractivity contribution is 6.33. The summed E-state index contributed by atoms with van der Waals surface area (Å²) in [6.07, 6.45) is 4.78. The molecule has 1 saturated carbocycles. The number of nitrogens with one attached hydrogen (secondary N) is 2. The highest BCUT2D eigenvalue weighted by atomic mass is 35.5. The molecule has 2 atom stereocenters. The minimum absolute atomic E-state index is 0.0853. The van der Waals surface area contributed by atoms with Crippen LogP contribution < -0.4 is 10.6 Å². The van der Waals surface area contributed by atoms with Gasteiger partial charge in [0.15, 0.2) is 0 Å². The highest BCUT2D eigenvalue weighted by Crippen LogP contribution is 2.30. The van der Waals surface area contributed by atoms with E-state index < -0.39 is 0 Å². The number of hydrogen-bond acceptors (Lipinski definition) is 3. The van der Waals surface area contributed by atoms with Gasteiger partial charge in [-0.3, -0.25) is 4.79 Å². The van der Waals surface area contributed by atoms with Crippen molar-refractivity contribution in [1.82, 2.24) is 4.90 Å². The predicted octanol–water partition coefficient (Wildman–Crippen LogP) is 3.86. The number of nitrogens with zero attached hydrogens (tertiary/aromatic N) is 1. The first-order chi connectivity index (χ1) is 12.1. The number of amides is 3. The molecule has 6 nitrogen and oxygen atoms in total. The molecule has 1 aromatic rings. The Kier molecular flexibility index (Phi) is 5.81. The molecule has 136 valence electrons. The molecule has 0 radical (unpaired) electrons. The molecule has 0 spiro atoms. The van der Waals surface area contributed by atoms with Crippen LogP contribution in [0.1, 0.15) is 39.0 Å². The Labute approximate surface area is 152 Å². The minimum Gasteiger partial charge on any atom is -0.374 e. The monoisotopic (exact) mass is 365 g/mol. The Morgan fingerprint density at radius 3 is 2.88 bits per heavy atom. The standard InChI is InChI=1S/C18H24ClN3O3/c1-2-17(23)20-12-7-8-13(19)14(11-12)21-18(24)22-9-10-25-16-6-4-3-5-15(16)22/h7-8,11,15-16H,2-6,9-10H2,1H3,(H,20,23)(H,21,24)/t15-,16-/m1/s1. The van der Waals surface area contributed by atoms with Crippen molar-refractivity contribution in [2.45, 2.75) is 51.2 Å². The zero-order chi connectivity index (χ0) is 17.8. The largest absolute Gasteiger partial charge is 0.374 e. The first-order valence-corrected chi connectivity index (χ1v) is 9.25. The summed E-state index contributed by atoms with van der Waals surface area (Å²) in [5, 5.41) is 6.11. The molecular weight excluding hydrogens is 342 g/mol. The molecule has 1 saturated heterocycles. The summed E-state index contributed by atoms with van der Waals surface area (Å²) >= 11 is 6.22. The van der Waals surface area contributed by atoms with Crippen LogP contribution in [0.25, 0.3) is 0 Å². The van der Waals surface area contributed by atoms with Gasteiger partial charge in [-0.2, -0.15) is 0 Å². The molecule has 3 rings (SSSR count). The molecule has 1 aromatic carbocycles. The fourth-order valence-corrected chi connectivity index (χ4v) is 3.65. The summed E-state index contributed by atoms with van der Waals surface area (Å²) in [6, 6.07) is 5.04. The Morgan fingerprint density at radius 1 is 1.28 bits per heavy atom. The van der Waals surface area contributed by atoms with Crippen LogP contribution in [0.4, 0.5) is 16.2 Å². The van der Waals surface area contributed by atoms with Gasteiger partial charge in [0, 0.05) is 18.7 Å². The molecule has 3 amide bonds. The SMILES string of the molecule is CCC(=O)Nc1ccc(Cl)c(NC(=O)N2CCO[C@@H]3CCCC[C@H]32)c1. The van der Waals surface area contributed by atoms with Crippen molar-refractivity contribution < 1.29 is 14.3 Å². The Balaban J connectivity index is 1.71. The van der Waals surface area contributed by atoms with E-state index in [9.17, 15) is 9.59 Å². The number of halogens is 1. The quantitative estimate of drug-likeness (QED) is 0.854. The van der Waals surface area contributed by atoms with Crippen molar-refractivity contribution in [3.8, 4) is 0 Å². The zero-order valence-corrected chi connectivity index (χ0v) is 15.1. The third kappa shape index (κ3) is 4.25. The summed E-state index contributed by atoms with van der Waals surface area (Å²) < 4.78 is 5.82. The summed E-state index contributed by atoms with van der Waals surface area (Å²) in [6.45, 7) is 2.93. The van der Waals surface area contributed by atoms with Gasteiger partial charge < -0.3 is 20.3 Å². The van der Waals surface area contributed by atoms with Crippen molar-refractivity contribution in [3.63, 3.8) is 0 Å². The molecule has 2 N–H and O–H groups in total. The number of anilines is 2. The van der Waals surface area contributed by atoms with E-state index in [1.54, 1.807) is 25.1 Å². The van der Waals surface area contributed by atoms with Crippen LogP contribution in [-0.2, 0) is 9.53 Å². The molecule has 2 fully saturated rings. The maximum atomic E-state index is 12.8. The molecule has 1 aliphatic heterocycles. The number of benzene rings is 1. The predicted molar refractivity (Wildman–Crippen MR) is 98.1 cm³/mol. The van der Waals surface area contributed by atoms with E-state index >= 15 is 0 Å². The van der Waals surface area contributed by atoms with Crippen LogP contribution in [0, 0.1) is 0 Å². The van der Waals surface area contributed by atoms with Crippen LogP contribution in [0.5, 0.6) is 0 Å². The van der Waals surface area contributed by atoms with Gasteiger partial charge in [-0.15, -0.1) is 0 Å².